The van der Waals surface area contributed by atoms with Gasteiger partial charge >= 0.3 is 0 Å². The van der Waals surface area contributed by atoms with Crippen LogP contribution in [-0.4, -0.2) is 30.8 Å². The molecule has 0 radical (unpaired) electrons. The Balaban J connectivity index is 2.27. The number of nitrogens with zero attached hydrogens (tertiary/aromatic N) is 1. The Bertz CT molecular complexity index is 287. The smallest absolute Gasteiger partial charge is 0.241 e. The standard InChI is InChI=1S/C9H15N3O3/c1-14-4-2-3-8(10)9(13)12-7-5-11-15-6-7/h5-6,8H,2-4,10H2,1H3,(H,12,13). The van der Waals surface area contributed by atoms with Crippen LogP contribution in [0.2, 0.25) is 0 Å². The summed E-state index contributed by atoms with van der Waals surface area (Å²) in [5.74, 6) is -0.241. The van der Waals surface area contributed by atoms with E-state index >= 15 is 0 Å². The topological polar surface area (TPSA) is 90.4 Å². The fraction of sp³-hybridized carbons (Fsp3) is 0.556. The molecular formula is C9H15N3O3. The van der Waals surface area contributed by atoms with Gasteiger partial charge in [0, 0.05) is 13.7 Å². The highest BCUT2D eigenvalue weighted by molar-refractivity contribution is 5.94. The third-order valence-electron chi connectivity index (χ3n) is 1.90. The van der Waals surface area contributed by atoms with E-state index in [1.165, 1.54) is 12.5 Å². The highest BCUT2D eigenvalue weighted by atomic mass is 16.5. The van der Waals surface area contributed by atoms with Gasteiger partial charge in [0.05, 0.1) is 12.2 Å². The van der Waals surface area contributed by atoms with Crippen LogP contribution in [0.15, 0.2) is 17.0 Å². The van der Waals surface area contributed by atoms with Gasteiger partial charge in [-0.05, 0) is 12.8 Å². The van der Waals surface area contributed by atoms with Crippen molar-refractivity contribution >= 4 is 11.6 Å². The predicted octanol–water partition coefficient (Wildman–Crippen LogP) is 0.367. The summed E-state index contributed by atoms with van der Waals surface area (Å²) in [5, 5.41) is 6.05. The molecule has 0 aliphatic rings. The van der Waals surface area contributed by atoms with Gasteiger partial charge in [0.25, 0.3) is 0 Å². The molecular weight excluding hydrogens is 198 g/mol. The number of ether oxygens (including phenoxy) is 1. The minimum absolute atomic E-state index is 0.241. The van der Waals surface area contributed by atoms with Gasteiger partial charge in [-0.15, -0.1) is 0 Å². The van der Waals surface area contributed by atoms with Crippen LogP contribution in [0.4, 0.5) is 5.69 Å². The molecule has 0 spiro atoms. The highest BCUT2D eigenvalue weighted by Crippen LogP contribution is 2.05. The number of nitrogens with two attached hydrogens (primary N) is 1. The average Bonchev–Trinajstić information content (AvgIpc) is 2.70. The fourth-order valence-electron chi connectivity index (χ4n) is 1.08. The predicted molar refractivity (Wildman–Crippen MR) is 54.2 cm³/mol. The Morgan fingerprint density at radius 1 is 1.80 bits per heavy atom. The number of methoxy groups -OCH3 is 1. The largest absolute Gasteiger partial charge is 0.385 e. The highest BCUT2D eigenvalue weighted by Gasteiger charge is 2.13. The zero-order valence-corrected chi connectivity index (χ0v) is 8.60. The summed E-state index contributed by atoms with van der Waals surface area (Å²) in [5.41, 5.74) is 6.17. The van der Waals surface area contributed by atoms with E-state index in [9.17, 15) is 4.79 Å². The molecule has 1 heterocycles. The third-order valence-corrected chi connectivity index (χ3v) is 1.90. The van der Waals surface area contributed by atoms with E-state index < -0.39 is 6.04 Å². The van der Waals surface area contributed by atoms with Crippen molar-refractivity contribution in [2.24, 2.45) is 5.73 Å². The number of carbonyl (C=O) groups excluding carboxylic acids is 1. The lowest BCUT2D eigenvalue weighted by Gasteiger charge is -2.10. The zero-order chi connectivity index (χ0) is 11.1. The molecule has 1 unspecified atom stereocenters. The normalized spacial score (nSPS) is 12.4. The van der Waals surface area contributed by atoms with E-state index in [2.05, 4.69) is 15.0 Å². The van der Waals surface area contributed by atoms with Crippen LogP contribution in [0.1, 0.15) is 12.8 Å². The minimum atomic E-state index is -0.532. The average molecular weight is 213 g/mol. The van der Waals surface area contributed by atoms with Crippen molar-refractivity contribution in [1.29, 1.82) is 0 Å². The molecule has 0 aromatic carbocycles. The van der Waals surface area contributed by atoms with Gasteiger partial charge in [0.1, 0.15) is 12.0 Å². The summed E-state index contributed by atoms with van der Waals surface area (Å²) in [6.45, 7) is 0.605. The summed E-state index contributed by atoms with van der Waals surface area (Å²) >= 11 is 0. The summed E-state index contributed by atoms with van der Waals surface area (Å²) in [7, 11) is 1.61. The monoisotopic (exact) mass is 213 g/mol. The molecule has 6 heteroatoms. The van der Waals surface area contributed by atoms with Gasteiger partial charge in [0.2, 0.25) is 5.91 Å². The molecule has 0 aliphatic heterocycles. The van der Waals surface area contributed by atoms with Crippen LogP contribution < -0.4 is 11.1 Å². The molecule has 1 atom stereocenters. The second kappa shape index (κ2) is 6.15. The van der Waals surface area contributed by atoms with Gasteiger partial charge < -0.3 is 20.3 Å². The van der Waals surface area contributed by atoms with Crippen molar-refractivity contribution in [3.63, 3.8) is 0 Å². The maximum atomic E-state index is 11.5. The molecule has 84 valence electrons. The van der Waals surface area contributed by atoms with Crippen LogP contribution in [-0.2, 0) is 9.53 Å². The van der Waals surface area contributed by atoms with E-state index in [1.807, 2.05) is 0 Å². The van der Waals surface area contributed by atoms with E-state index in [0.29, 0.717) is 18.7 Å². The Hall–Kier alpha value is -1.40. The fourth-order valence-corrected chi connectivity index (χ4v) is 1.08. The van der Waals surface area contributed by atoms with Crippen LogP contribution in [0.5, 0.6) is 0 Å². The van der Waals surface area contributed by atoms with Crippen molar-refractivity contribution in [2.75, 3.05) is 19.0 Å². The lowest BCUT2D eigenvalue weighted by Crippen LogP contribution is -2.35. The number of aromatic nitrogens is 1. The second-order valence-electron chi connectivity index (χ2n) is 3.14. The molecule has 1 rings (SSSR count). The number of rotatable bonds is 6. The molecule has 0 aliphatic carbocycles. The summed E-state index contributed by atoms with van der Waals surface area (Å²) in [6, 6.07) is -0.532. The number of carbonyl (C=O) groups is 1. The first-order chi connectivity index (χ1) is 7.24. The molecule has 6 nitrogen and oxygen atoms in total. The van der Waals surface area contributed by atoms with E-state index in [1.54, 1.807) is 7.11 Å². The van der Waals surface area contributed by atoms with E-state index in [0.717, 1.165) is 6.42 Å². The second-order valence-corrected chi connectivity index (χ2v) is 3.14. The summed E-state index contributed by atoms with van der Waals surface area (Å²) < 4.78 is 9.43. The number of amides is 1. The molecule has 0 bridgehead atoms. The van der Waals surface area contributed by atoms with Crippen molar-refractivity contribution < 1.29 is 14.1 Å². The molecule has 1 amide bonds. The maximum Gasteiger partial charge on any atom is 0.241 e. The van der Waals surface area contributed by atoms with Crippen molar-refractivity contribution in [2.45, 2.75) is 18.9 Å². The minimum Gasteiger partial charge on any atom is -0.385 e. The summed E-state index contributed by atoms with van der Waals surface area (Å²) in [6.07, 6.45) is 4.11. The van der Waals surface area contributed by atoms with Crippen LogP contribution in [0, 0.1) is 0 Å². The van der Waals surface area contributed by atoms with Crippen molar-refractivity contribution in [1.82, 2.24) is 5.16 Å². The van der Waals surface area contributed by atoms with Crippen molar-refractivity contribution in [3.8, 4) is 0 Å². The van der Waals surface area contributed by atoms with Gasteiger partial charge in [-0.3, -0.25) is 4.79 Å². The Morgan fingerprint density at radius 2 is 2.60 bits per heavy atom. The third kappa shape index (κ3) is 4.09. The van der Waals surface area contributed by atoms with Crippen LogP contribution in [0.3, 0.4) is 0 Å². The van der Waals surface area contributed by atoms with Gasteiger partial charge in [-0.1, -0.05) is 5.16 Å². The lowest BCUT2D eigenvalue weighted by molar-refractivity contribution is -0.117. The Labute approximate surface area is 87.8 Å². The number of nitrogens with one attached hydrogen (secondary N) is 1. The van der Waals surface area contributed by atoms with Crippen LogP contribution >= 0.6 is 0 Å². The first-order valence-corrected chi connectivity index (χ1v) is 4.69. The molecule has 3 N–H and O–H groups in total. The van der Waals surface area contributed by atoms with Gasteiger partial charge in [-0.25, -0.2) is 0 Å². The van der Waals surface area contributed by atoms with Crippen molar-refractivity contribution in [3.05, 3.63) is 12.5 Å². The SMILES string of the molecule is COCCCC(N)C(=O)Nc1cnoc1. The summed E-state index contributed by atoms with van der Waals surface area (Å²) in [4.78, 5) is 11.5. The first-order valence-electron chi connectivity index (χ1n) is 4.69. The molecule has 1 aromatic heterocycles. The Morgan fingerprint density at radius 3 is 3.20 bits per heavy atom. The molecule has 0 fully saturated rings. The van der Waals surface area contributed by atoms with Crippen LogP contribution in [0.25, 0.3) is 0 Å². The molecule has 15 heavy (non-hydrogen) atoms. The number of hydrogen-bond acceptors (Lipinski definition) is 5. The first kappa shape index (κ1) is 11.7. The zero-order valence-electron chi connectivity index (χ0n) is 8.60. The number of anilines is 1. The molecule has 0 saturated heterocycles. The van der Waals surface area contributed by atoms with Gasteiger partial charge in [-0.2, -0.15) is 0 Å². The van der Waals surface area contributed by atoms with E-state index in [-0.39, 0.29) is 5.91 Å². The molecule has 0 saturated carbocycles. The quantitative estimate of drug-likeness (QED) is 0.666. The lowest BCUT2D eigenvalue weighted by atomic mass is 10.1. The number of hydrogen-bond donors (Lipinski definition) is 2. The van der Waals surface area contributed by atoms with Gasteiger partial charge in [0.15, 0.2) is 0 Å². The maximum absolute atomic E-state index is 11.5. The Kier molecular flexibility index (Phi) is 4.79. The van der Waals surface area contributed by atoms with E-state index in [4.69, 9.17) is 10.5 Å². The molecule has 1 aromatic rings.